The van der Waals surface area contributed by atoms with Crippen LogP contribution in [-0.2, 0) is 4.79 Å². The van der Waals surface area contributed by atoms with Crippen molar-refractivity contribution < 1.29 is 19.1 Å². The van der Waals surface area contributed by atoms with Crippen LogP contribution in [0.2, 0.25) is 0 Å². The highest BCUT2D eigenvalue weighted by Gasteiger charge is 2.14. The fraction of sp³-hybridized carbons (Fsp3) is 0.0690. The van der Waals surface area contributed by atoms with Crippen molar-refractivity contribution in [3.8, 4) is 22.6 Å². The fourth-order valence-electron chi connectivity index (χ4n) is 3.29. The predicted octanol–water partition coefficient (Wildman–Crippen LogP) is 6.10. The molecule has 0 aliphatic rings. The van der Waals surface area contributed by atoms with E-state index >= 15 is 0 Å². The van der Waals surface area contributed by atoms with Crippen LogP contribution in [0.1, 0.15) is 22.8 Å². The van der Waals surface area contributed by atoms with E-state index in [1.54, 1.807) is 43.3 Å². The van der Waals surface area contributed by atoms with E-state index in [-0.39, 0.29) is 5.91 Å². The molecule has 180 valence electrons. The zero-order valence-electron chi connectivity index (χ0n) is 19.4. The van der Waals surface area contributed by atoms with E-state index in [2.05, 4.69) is 33.1 Å². The highest BCUT2D eigenvalue weighted by Crippen LogP contribution is 2.22. The Labute approximate surface area is 223 Å². The summed E-state index contributed by atoms with van der Waals surface area (Å²) in [5.74, 6) is 0.219. The van der Waals surface area contributed by atoms with E-state index in [9.17, 15) is 9.59 Å². The van der Waals surface area contributed by atoms with Gasteiger partial charge in [-0.2, -0.15) is 5.10 Å². The lowest BCUT2D eigenvalue weighted by molar-refractivity contribution is -0.127. The number of nitrogens with zero attached hydrogens (tertiary/aromatic N) is 1. The summed E-state index contributed by atoms with van der Waals surface area (Å²) >= 11 is 2.10. The summed E-state index contributed by atoms with van der Waals surface area (Å²) in [5.41, 5.74) is 5.90. The molecule has 6 nitrogen and oxygen atoms in total. The van der Waals surface area contributed by atoms with Gasteiger partial charge in [0.05, 0.1) is 11.8 Å². The van der Waals surface area contributed by atoms with Crippen LogP contribution < -0.4 is 14.9 Å². The Kier molecular flexibility index (Phi) is 8.46. The summed E-state index contributed by atoms with van der Waals surface area (Å²) in [6.07, 6.45) is 0.776. The second-order valence-corrected chi connectivity index (χ2v) is 8.99. The van der Waals surface area contributed by atoms with Gasteiger partial charge in [-0.25, -0.2) is 10.2 Å². The van der Waals surface area contributed by atoms with Crippen LogP contribution in [0.5, 0.6) is 11.5 Å². The topological polar surface area (TPSA) is 77.0 Å². The van der Waals surface area contributed by atoms with E-state index in [4.69, 9.17) is 9.47 Å². The minimum atomic E-state index is -0.729. The standard InChI is InChI=1S/C29H23IN2O4/c1-20(35-24-17-13-23(14-18-24)22-7-3-2-4-8-22)28(33)32-31-19-21-11-15-25(16-12-21)36-29(34)26-9-5-6-10-27(26)30/h2-20H,1H3,(H,32,33). The van der Waals surface area contributed by atoms with Crippen LogP contribution >= 0.6 is 22.6 Å². The minimum absolute atomic E-state index is 0.374. The van der Waals surface area contributed by atoms with Gasteiger partial charge >= 0.3 is 5.97 Å². The molecule has 1 N–H and O–H groups in total. The molecule has 0 aliphatic heterocycles. The minimum Gasteiger partial charge on any atom is -0.481 e. The van der Waals surface area contributed by atoms with Gasteiger partial charge in [0.25, 0.3) is 5.91 Å². The smallest absolute Gasteiger partial charge is 0.344 e. The van der Waals surface area contributed by atoms with Crippen LogP contribution in [0.15, 0.2) is 108 Å². The number of nitrogens with one attached hydrogen (secondary N) is 1. The molecular weight excluding hydrogens is 567 g/mol. The fourth-order valence-corrected chi connectivity index (χ4v) is 3.89. The number of hydrazone groups is 1. The molecule has 4 rings (SSSR count). The maximum Gasteiger partial charge on any atom is 0.344 e. The van der Waals surface area contributed by atoms with Crippen LogP contribution in [0.4, 0.5) is 0 Å². The number of ether oxygens (including phenoxy) is 2. The number of carbonyl (C=O) groups is 2. The highest BCUT2D eigenvalue weighted by molar-refractivity contribution is 14.1. The average molecular weight is 590 g/mol. The van der Waals surface area contributed by atoms with Gasteiger partial charge in [0.15, 0.2) is 6.10 Å². The summed E-state index contributed by atoms with van der Waals surface area (Å²) in [7, 11) is 0. The number of halogens is 1. The van der Waals surface area contributed by atoms with Crippen molar-refractivity contribution in [2.45, 2.75) is 13.0 Å². The Morgan fingerprint density at radius 3 is 2.11 bits per heavy atom. The second kappa shape index (κ2) is 12.1. The Morgan fingerprint density at radius 1 is 0.806 bits per heavy atom. The number of hydrogen-bond donors (Lipinski definition) is 1. The van der Waals surface area contributed by atoms with Gasteiger partial charge in [0, 0.05) is 3.57 Å². The van der Waals surface area contributed by atoms with E-state index in [1.165, 1.54) is 6.21 Å². The molecule has 1 amide bonds. The van der Waals surface area contributed by atoms with Gasteiger partial charge in [0.2, 0.25) is 0 Å². The molecule has 0 bridgehead atoms. The largest absolute Gasteiger partial charge is 0.481 e. The summed E-state index contributed by atoms with van der Waals surface area (Å²) in [6.45, 7) is 1.66. The van der Waals surface area contributed by atoms with Gasteiger partial charge in [-0.15, -0.1) is 0 Å². The first-order valence-electron chi connectivity index (χ1n) is 11.2. The number of amides is 1. The molecule has 0 fully saturated rings. The quantitative estimate of drug-likeness (QED) is 0.0886. The Hall–Kier alpha value is -3.98. The third-order valence-electron chi connectivity index (χ3n) is 5.22. The van der Waals surface area contributed by atoms with E-state index in [0.717, 1.165) is 20.3 Å². The summed E-state index contributed by atoms with van der Waals surface area (Å²) < 4.78 is 12.0. The van der Waals surface area contributed by atoms with Crippen LogP contribution in [-0.4, -0.2) is 24.2 Å². The number of rotatable bonds is 8. The number of carbonyl (C=O) groups excluding carboxylic acids is 2. The van der Waals surface area contributed by atoms with Crippen molar-refractivity contribution in [3.05, 3.63) is 118 Å². The molecule has 1 unspecified atom stereocenters. The molecule has 4 aromatic rings. The average Bonchev–Trinajstić information content (AvgIpc) is 2.90. The van der Waals surface area contributed by atoms with Gasteiger partial charge < -0.3 is 9.47 Å². The lowest BCUT2D eigenvalue weighted by atomic mass is 10.1. The zero-order chi connectivity index (χ0) is 25.3. The van der Waals surface area contributed by atoms with Crippen molar-refractivity contribution in [1.82, 2.24) is 5.43 Å². The number of esters is 1. The molecule has 4 aromatic carbocycles. The van der Waals surface area contributed by atoms with Crippen molar-refractivity contribution in [2.75, 3.05) is 0 Å². The van der Waals surface area contributed by atoms with E-state index in [1.807, 2.05) is 66.7 Å². The summed E-state index contributed by atoms with van der Waals surface area (Å²) in [6, 6.07) is 31.6. The molecule has 0 heterocycles. The number of hydrogen-bond acceptors (Lipinski definition) is 5. The zero-order valence-corrected chi connectivity index (χ0v) is 21.6. The van der Waals surface area contributed by atoms with Crippen molar-refractivity contribution in [3.63, 3.8) is 0 Å². The monoisotopic (exact) mass is 590 g/mol. The van der Waals surface area contributed by atoms with E-state index in [0.29, 0.717) is 17.1 Å². The molecular formula is C29H23IN2O4. The molecule has 1 atom stereocenters. The SMILES string of the molecule is CC(Oc1ccc(-c2ccccc2)cc1)C(=O)NN=Cc1ccc(OC(=O)c2ccccc2I)cc1. The molecule has 0 radical (unpaired) electrons. The first kappa shape index (κ1) is 25.1. The van der Waals surface area contributed by atoms with Gasteiger partial charge in [0.1, 0.15) is 11.5 Å². The van der Waals surface area contributed by atoms with Gasteiger partial charge in [-0.1, -0.05) is 54.6 Å². The molecule has 0 spiro atoms. The van der Waals surface area contributed by atoms with Crippen LogP contribution in [0.25, 0.3) is 11.1 Å². The molecule has 7 heteroatoms. The first-order chi connectivity index (χ1) is 17.5. The van der Waals surface area contributed by atoms with Crippen molar-refractivity contribution >= 4 is 40.7 Å². The Balaban J connectivity index is 1.26. The van der Waals surface area contributed by atoms with E-state index < -0.39 is 12.1 Å². The first-order valence-corrected chi connectivity index (χ1v) is 12.3. The maximum absolute atomic E-state index is 12.4. The molecule has 0 aromatic heterocycles. The lowest BCUT2D eigenvalue weighted by Crippen LogP contribution is -2.33. The molecule has 36 heavy (non-hydrogen) atoms. The Bertz CT molecular complexity index is 1350. The molecule has 0 saturated heterocycles. The van der Waals surface area contributed by atoms with Gasteiger partial charge in [-0.3, -0.25) is 4.79 Å². The Morgan fingerprint density at radius 2 is 1.42 bits per heavy atom. The van der Waals surface area contributed by atoms with Crippen molar-refractivity contribution in [1.29, 1.82) is 0 Å². The third kappa shape index (κ3) is 6.79. The molecule has 0 saturated carbocycles. The second-order valence-electron chi connectivity index (χ2n) is 7.82. The maximum atomic E-state index is 12.4. The summed E-state index contributed by atoms with van der Waals surface area (Å²) in [4.78, 5) is 24.7. The number of benzene rings is 4. The van der Waals surface area contributed by atoms with Crippen molar-refractivity contribution in [2.24, 2.45) is 5.10 Å². The predicted molar refractivity (Wildman–Crippen MR) is 148 cm³/mol. The molecule has 0 aliphatic carbocycles. The highest BCUT2D eigenvalue weighted by atomic mass is 127. The lowest BCUT2D eigenvalue weighted by Gasteiger charge is -2.13. The van der Waals surface area contributed by atoms with Crippen LogP contribution in [0, 0.1) is 3.57 Å². The van der Waals surface area contributed by atoms with Gasteiger partial charge in [-0.05, 0) is 94.7 Å². The van der Waals surface area contributed by atoms with Crippen LogP contribution in [0.3, 0.4) is 0 Å². The normalized spacial score (nSPS) is 11.6. The summed E-state index contributed by atoms with van der Waals surface area (Å²) in [5, 5.41) is 3.99. The third-order valence-corrected chi connectivity index (χ3v) is 6.16.